The summed E-state index contributed by atoms with van der Waals surface area (Å²) in [4.78, 5) is 10.8. The minimum atomic E-state index is -2.65. The minimum absolute atomic E-state index is 0.0573. The molecule has 2 rings (SSSR count). The van der Waals surface area contributed by atoms with Crippen molar-refractivity contribution in [2.75, 3.05) is 0 Å². The summed E-state index contributed by atoms with van der Waals surface area (Å²) in [7, 11) is 0. The zero-order chi connectivity index (χ0) is 20.7. The maximum Gasteiger partial charge on any atom is 0.364 e. The smallest absolute Gasteiger partial charge is 0.364 e. The van der Waals surface area contributed by atoms with Gasteiger partial charge in [0.1, 0.15) is 0 Å². The van der Waals surface area contributed by atoms with E-state index < -0.39 is 11.8 Å². The second-order valence-corrected chi connectivity index (χ2v) is 9.93. The first-order valence-electron chi connectivity index (χ1n) is 10.5. The summed E-state index contributed by atoms with van der Waals surface area (Å²) in [6, 6.07) is 0. The third kappa shape index (κ3) is 6.54. The zero-order valence-electron chi connectivity index (χ0n) is 16.8. The third-order valence-electron chi connectivity index (χ3n) is 6.26. The van der Waals surface area contributed by atoms with E-state index in [9.17, 15) is 15.0 Å². The Bertz CT molecular complexity index is 547. The normalized spacial score (nSPS) is 29.7. The first kappa shape index (κ1) is 23.8. The number of unbranched alkanes of at least 4 members (excludes halogenated alkanes) is 1. The summed E-state index contributed by atoms with van der Waals surface area (Å²) < 4.78 is 6.31. The summed E-state index contributed by atoms with van der Waals surface area (Å²) in [5.41, 5.74) is 0. The molecule has 0 bridgehead atoms. The highest BCUT2D eigenvalue weighted by atomic mass is 127. The number of fused-ring (bicyclic) bond motifs is 1. The monoisotopic (exact) mass is 506 g/mol. The highest BCUT2D eigenvalue weighted by Crippen LogP contribution is 2.46. The van der Waals surface area contributed by atoms with Crippen molar-refractivity contribution in [3.05, 3.63) is 24.8 Å². The van der Waals surface area contributed by atoms with Gasteiger partial charge in [-0.3, -0.25) is 0 Å². The van der Waals surface area contributed by atoms with E-state index in [-0.39, 0.29) is 22.6 Å². The number of aliphatic carboxylic acids is 1. The number of hydrogen-bond acceptors (Lipinski definition) is 4. The van der Waals surface area contributed by atoms with Crippen LogP contribution in [-0.4, -0.2) is 43.2 Å². The van der Waals surface area contributed by atoms with Crippen molar-refractivity contribution >= 4 is 28.6 Å². The van der Waals surface area contributed by atoms with Gasteiger partial charge in [0.25, 0.3) is 5.79 Å². The van der Waals surface area contributed by atoms with Crippen molar-refractivity contribution in [2.45, 2.75) is 86.6 Å². The van der Waals surface area contributed by atoms with Gasteiger partial charge in [-0.05, 0) is 56.3 Å². The standard InChI is InChI=1S/C22H35IO5/c1-3-5-7-15(4-2)8-6-9-16-10-11-19-17(16)14-20(28-19)18(23)12-13-22(26,27)21(24)25/h4,6,9,15-20,26-27H,2-3,5,7-8,10-14H2,1H3,(H,24,25)/t15-,16-,17+,18?,19+,20+/m0/s1. The third-order valence-corrected chi connectivity index (χ3v) is 7.69. The van der Waals surface area contributed by atoms with E-state index in [2.05, 4.69) is 54.3 Å². The van der Waals surface area contributed by atoms with E-state index in [1.807, 2.05) is 0 Å². The van der Waals surface area contributed by atoms with Gasteiger partial charge in [-0.15, -0.1) is 6.58 Å². The number of allylic oxidation sites excluding steroid dienone is 3. The molecule has 28 heavy (non-hydrogen) atoms. The summed E-state index contributed by atoms with van der Waals surface area (Å²) >= 11 is 2.26. The van der Waals surface area contributed by atoms with E-state index in [0.717, 1.165) is 25.7 Å². The van der Waals surface area contributed by atoms with E-state index in [1.54, 1.807) is 0 Å². The number of aliphatic hydroxyl groups is 2. The van der Waals surface area contributed by atoms with E-state index in [1.165, 1.54) is 19.3 Å². The van der Waals surface area contributed by atoms with Crippen molar-refractivity contribution < 1.29 is 24.9 Å². The van der Waals surface area contributed by atoms with Crippen LogP contribution in [0, 0.1) is 17.8 Å². The molecule has 1 aliphatic heterocycles. The van der Waals surface area contributed by atoms with Crippen LogP contribution < -0.4 is 0 Å². The van der Waals surface area contributed by atoms with Crippen LogP contribution in [0.1, 0.15) is 64.7 Å². The van der Waals surface area contributed by atoms with Gasteiger partial charge in [0.15, 0.2) is 0 Å². The van der Waals surface area contributed by atoms with Crippen molar-refractivity contribution in [3.8, 4) is 0 Å². The first-order valence-corrected chi connectivity index (χ1v) is 11.8. The average molecular weight is 506 g/mol. The van der Waals surface area contributed by atoms with Gasteiger partial charge in [0, 0.05) is 10.3 Å². The Morgan fingerprint density at radius 1 is 1.36 bits per heavy atom. The van der Waals surface area contributed by atoms with Crippen molar-refractivity contribution in [2.24, 2.45) is 17.8 Å². The van der Waals surface area contributed by atoms with Crippen molar-refractivity contribution in [1.29, 1.82) is 0 Å². The van der Waals surface area contributed by atoms with Crippen molar-refractivity contribution in [3.63, 3.8) is 0 Å². The lowest BCUT2D eigenvalue weighted by atomic mass is 9.89. The molecule has 0 spiro atoms. The molecule has 2 fully saturated rings. The van der Waals surface area contributed by atoms with Crippen molar-refractivity contribution in [1.82, 2.24) is 0 Å². The molecule has 160 valence electrons. The summed E-state index contributed by atoms with van der Waals surface area (Å²) in [5, 5.41) is 27.8. The Kier molecular flexibility index (Phi) is 9.44. The van der Waals surface area contributed by atoms with Gasteiger partial charge in [-0.2, -0.15) is 0 Å². The highest BCUT2D eigenvalue weighted by Gasteiger charge is 2.45. The molecular weight excluding hydrogens is 471 g/mol. The van der Waals surface area contributed by atoms with Crippen LogP contribution in [0.2, 0.25) is 0 Å². The van der Waals surface area contributed by atoms with E-state index >= 15 is 0 Å². The number of alkyl halides is 1. The quantitative estimate of drug-likeness (QED) is 0.158. The van der Waals surface area contributed by atoms with Crippen LogP contribution in [0.15, 0.2) is 24.8 Å². The molecule has 1 saturated carbocycles. The number of carboxylic acids is 1. The molecule has 0 radical (unpaired) electrons. The van der Waals surface area contributed by atoms with Crippen LogP contribution in [0.25, 0.3) is 0 Å². The van der Waals surface area contributed by atoms with Gasteiger partial charge in [-0.1, -0.05) is 60.6 Å². The molecule has 1 unspecified atom stereocenters. The number of halogens is 1. The second kappa shape index (κ2) is 11.1. The molecular formula is C22H35IO5. The Morgan fingerprint density at radius 3 is 2.75 bits per heavy atom. The molecule has 2 aliphatic rings. The molecule has 0 amide bonds. The number of ether oxygens (including phenoxy) is 1. The van der Waals surface area contributed by atoms with Gasteiger partial charge < -0.3 is 20.1 Å². The molecule has 5 nitrogen and oxygen atoms in total. The zero-order valence-corrected chi connectivity index (χ0v) is 19.0. The lowest BCUT2D eigenvalue weighted by molar-refractivity contribution is -0.205. The predicted octanol–water partition coefficient (Wildman–Crippen LogP) is 4.46. The fourth-order valence-electron chi connectivity index (χ4n) is 4.43. The molecule has 1 heterocycles. The largest absolute Gasteiger partial charge is 0.477 e. The molecule has 1 saturated heterocycles. The van der Waals surface area contributed by atoms with Crippen LogP contribution in [0.4, 0.5) is 0 Å². The van der Waals surface area contributed by atoms with Crippen LogP contribution in [0.3, 0.4) is 0 Å². The first-order chi connectivity index (χ1) is 13.3. The van der Waals surface area contributed by atoms with E-state index in [0.29, 0.717) is 24.2 Å². The Morgan fingerprint density at radius 2 is 2.11 bits per heavy atom. The molecule has 0 aromatic rings. The van der Waals surface area contributed by atoms with Crippen LogP contribution in [0.5, 0.6) is 0 Å². The number of rotatable bonds is 12. The average Bonchev–Trinajstić information content (AvgIpc) is 3.24. The summed E-state index contributed by atoms with van der Waals surface area (Å²) in [6.45, 7) is 6.18. The topological polar surface area (TPSA) is 87.0 Å². The van der Waals surface area contributed by atoms with Crippen LogP contribution >= 0.6 is 22.6 Å². The number of hydrogen-bond donors (Lipinski definition) is 3. The molecule has 0 aromatic carbocycles. The van der Waals surface area contributed by atoms with Gasteiger partial charge in [0.05, 0.1) is 12.2 Å². The maximum atomic E-state index is 10.8. The molecule has 1 aliphatic carbocycles. The SMILES string of the molecule is C=C[C@H](CC=C[C@H]1CC[C@H]2O[C@@H](C(I)CCC(O)(O)C(=O)O)C[C@H]12)CCCC. The second-order valence-electron chi connectivity index (χ2n) is 8.33. The predicted molar refractivity (Wildman–Crippen MR) is 118 cm³/mol. The Labute approximate surface area is 182 Å². The van der Waals surface area contributed by atoms with Gasteiger partial charge in [-0.25, -0.2) is 4.79 Å². The fourth-order valence-corrected chi connectivity index (χ4v) is 5.21. The molecule has 6 heteroatoms. The maximum absolute atomic E-state index is 10.8. The Hall–Kier alpha value is -0.440. The molecule has 6 atom stereocenters. The minimum Gasteiger partial charge on any atom is -0.477 e. The van der Waals surface area contributed by atoms with Gasteiger partial charge >= 0.3 is 5.97 Å². The lowest BCUT2D eigenvalue weighted by Gasteiger charge is -2.22. The van der Waals surface area contributed by atoms with Gasteiger partial charge in [0.2, 0.25) is 0 Å². The molecule has 3 N–H and O–H groups in total. The summed E-state index contributed by atoms with van der Waals surface area (Å²) in [6.07, 6.45) is 15.2. The number of carbonyl (C=O) groups is 1. The number of carboxylic acid groups (broad SMARTS) is 1. The van der Waals surface area contributed by atoms with E-state index in [4.69, 9.17) is 9.84 Å². The highest BCUT2D eigenvalue weighted by molar-refractivity contribution is 14.1. The summed E-state index contributed by atoms with van der Waals surface area (Å²) in [5.74, 6) is -2.62. The molecule has 0 aromatic heterocycles. The Balaban J connectivity index is 1.81. The lowest BCUT2D eigenvalue weighted by Crippen LogP contribution is -2.39. The van der Waals surface area contributed by atoms with Crippen LogP contribution in [-0.2, 0) is 9.53 Å². The fraction of sp³-hybridized carbons (Fsp3) is 0.773.